The van der Waals surface area contributed by atoms with Gasteiger partial charge in [-0.15, -0.1) is 0 Å². The number of hydrogen-bond acceptors (Lipinski definition) is 5. The zero-order chi connectivity index (χ0) is 43.6. The molecule has 0 fully saturated rings. The summed E-state index contributed by atoms with van der Waals surface area (Å²) < 4.78 is 10.3. The molecule has 350 valence electrons. The summed E-state index contributed by atoms with van der Waals surface area (Å²) in [6, 6.07) is 0.668. The lowest BCUT2D eigenvalue weighted by Crippen LogP contribution is -2.28. The molecular formula is C53H109NO4. The predicted molar refractivity (Wildman–Crippen MR) is 258 cm³/mol. The van der Waals surface area contributed by atoms with E-state index < -0.39 is 0 Å². The maximum atomic E-state index is 10.5. The Balaban J connectivity index is -0.000000895. The summed E-state index contributed by atoms with van der Waals surface area (Å²) in [5.41, 5.74) is 0. The summed E-state index contributed by atoms with van der Waals surface area (Å²) in [6.07, 6.45) is 48.1. The van der Waals surface area contributed by atoms with Gasteiger partial charge in [-0.2, -0.15) is 0 Å². The van der Waals surface area contributed by atoms with E-state index in [1.165, 1.54) is 218 Å². The number of rotatable bonds is 44. The van der Waals surface area contributed by atoms with Crippen molar-refractivity contribution in [3.05, 3.63) is 0 Å². The van der Waals surface area contributed by atoms with Gasteiger partial charge in [0.05, 0.1) is 0 Å². The van der Waals surface area contributed by atoms with Gasteiger partial charge in [0, 0.05) is 46.3 Å². The standard InChI is InChI=1S/C27H57NO2.2C13H26O/c1-26(2)28(3)23-22-27(20-16-12-8-6-10-14-18-24-29-4)21-17-13-9-7-11-15-19-25-30-5;2*1-3-5-7-9-13(11-12-14)10-8-6-4-2/h26-27H,6-25H2,1-5H3;2*12-13H,3-11H2,1-2H3. The molecule has 58 heavy (non-hydrogen) atoms. The zero-order valence-corrected chi connectivity index (χ0v) is 41.4. The SMILES string of the molecule is CCCCCC(CC=O)CCCCC.CCCCCC(CC=O)CCCCC.COCCCCCCCCCC(CCCCCCCCCOC)CCN(C)C(C)C. The molecule has 0 spiro atoms. The lowest BCUT2D eigenvalue weighted by Gasteiger charge is -2.24. The molecular weight excluding hydrogens is 715 g/mol. The summed E-state index contributed by atoms with van der Waals surface area (Å²) in [6.45, 7) is 16.7. The molecule has 0 N–H and O–H groups in total. The van der Waals surface area contributed by atoms with E-state index >= 15 is 0 Å². The van der Waals surface area contributed by atoms with Crippen LogP contribution in [-0.4, -0.2) is 64.5 Å². The van der Waals surface area contributed by atoms with Gasteiger partial charge in [-0.05, 0) is 64.5 Å². The number of carbonyl (C=O) groups is 2. The molecule has 0 aromatic carbocycles. The van der Waals surface area contributed by atoms with E-state index in [0.717, 1.165) is 44.5 Å². The smallest absolute Gasteiger partial charge is 0.120 e. The highest BCUT2D eigenvalue weighted by atomic mass is 16.5. The van der Waals surface area contributed by atoms with Crippen LogP contribution in [0.2, 0.25) is 0 Å². The van der Waals surface area contributed by atoms with Gasteiger partial charge < -0.3 is 24.0 Å². The third kappa shape index (κ3) is 51.4. The topological polar surface area (TPSA) is 55.8 Å². The molecule has 0 aliphatic carbocycles. The second kappa shape index (κ2) is 54.2. The summed E-state index contributed by atoms with van der Waals surface area (Å²) in [5.74, 6) is 2.28. The quantitative estimate of drug-likeness (QED) is 0.0452. The minimum Gasteiger partial charge on any atom is -0.385 e. The molecule has 0 heterocycles. The Kier molecular flexibility index (Phi) is 57.5. The maximum absolute atomic E-state index is 10.5. The van der Waals surface area contributed by atoms with Crippen molar-refractivity contribution in [2.75, 3.05) is 41.0 Å². The van der Waals surface area contributed by atoms with Gasteiger partial charge in [-0.3, -0.25) is 0 Å². The third-order valence-corrected chi connectivity index (χ3v) is 12.4. The van der Waals surface area contributed by atoms with E-state index in [0.29, 0.717) is 17.9 Å². The van der Waals surface area contributed by atoms with Gasteiger partial charge in [0.15, 0.2) is 0 Å². The van der Waals surface area contributed by atoms with E-state index in [1.807, 2.05) is 0 Å². The molecule has 0 aliphatic heterocycles. The Morgan fingerprint density at radius 3 is 0.948 bits per heavy atom. The number of hydrogen-bond donors (Lipinski definition) is 0. The second-order valence-electron chi connectivity index (χ2n) is 18.3. The van der Waals surface area contributed by atoms with E-state index in [9.17, 15) is 9.59 Å². The van der Waals surface area contributed by atoms with Gasteiger partial charge in [0.25, 0.3) is 0 Å². The van der Waals surface area contributed by atoms with Crippen LogP contribution in [-0.2, 0) is 19.1 Å². The van der Waals surface area contributed by atoms with Crippen LogP contribution in [0.3, 0.4) is 0 Å². The molecule has 0 aromatic heterocycles. The molecule has 5 heteroatoms. The van der Waals surface area contributed by atoms with Gasteiger partial charge in [0.2, 0.25) is 0 Å². The summed E-state index contributed by atoms with van der Waals surface area (Å²) >= 11 is 0. The van der Waals surface area contributed by atoms with Crippen molar-refractivity contribution >= 4 is 12.6 Å². The molecule has 0 saturated carbocycles. The van der Waals surface area contributed by atoms with E-state index in [4.69, 9.17) is 9.47 Å². The van der Waals surface area contributed by atoms with E-state index in [1.54, 1.807) is 14.2 Å². The molecule has 0 rings (SSSR count). The average Bonchev–Trinajstić information content (AvgIpc) is 3.22. The predicted octanol–water partition coefficient (Wildman–Crippen LogP) is 16.6. The zero-order valence-electron chi connectivity index (χ0n) is 41.4. The maximum Gasteiger partial charge on any atom is 0.120 e. The highest BCUT2D eigenvalue weighted by Crippen LogP contribution is 2.24. The normalized spacial score (nSPS) is 11.4. The Labute approximate surface area is 366 Å². The number of aldehydes is 2. The summed E-state index contributed by atoms with van der Waals surface area (Å²) in [4.78, 5) is 23.5. The van der Waals surface area contributed by atoms with E-state index in [2.05, 4.69) is 53.5 Å². The summed E-state index contributed by atoms with van der Waals surface area (Å²) in [5, 5.41) is 0. The summed E-state index contributed by atoms with van der Waals surface area (Å²) in [7, 11) is 5.90. The van der Waals surface area contributed by atoms with Crippen LogP contribution in [0.15, 0.2) is 0 Å². The molecule has 0 unspecified atom stereocenters. The van der Waals surface area contributed by atoms with Crippen LogP contribution in [0.25, 0.3) is 0 Å². The third-order valence-electron chi connectivity index (χ3n) is 12.4. The van der Waals surface area contributed by atoms with Crippen LogP contribution in [0, 0.1) is 17.8 Å². The largest absolute Gasteiger partial charge is 0.385 e. The molecule has 0 atom stereocenters. The highest BCUT2D eigenvalue weighted by molar-refractivity contribution is 5.49. The molecule has 0 aliphatic rings. The number of carbonyl (C=O) groups excluding carboxylic acids is 2. The van der Waals surface area contributed by atoms with Crippen LogP contribution in [0.1, 0.15) is 266 Å². The monoisotopic (exact) mass is 824 g/mol. The van der Waals surface area contributed by atoms with Crippen LogP contribution in [0.4, 0.5) is 0 Å². The number of unbranched alkanes of at least 4 members (excludes halogenated alkanes) is 20. The van der Waals surface area contributed by atoms with Crippen molar-refractivity contribution in [1.82, 2.24) is 4.90 Å². The first-order valence-corrected chi connectivity index (χ1v) is 25.9. The average molecular weight is 824 g/mol. The minimum atomic E-state index is 0.668. The molecule has 5 nitrogen and oxygen atoms in total. The first-order chi connectivity index (χ1) is 28.3. The first-order valence-electron chi connectivity index (χ1n) is 25.9. The Morgan fingerprint density at radius 1 is 0.397 bits per heavy atom. The van der Waals surface area contributed by atoms with Crippen molar-refractivity contribution in [3.8, 4) is 0 Å². The lowest BCUT2D eigenvalue weighted by molar-refractivity contribution is -0.109. The number of methoxy groups -OCH3 is 2. The number of ether oxygens (including phenoxy) is 2. The molecule has 0 saturated heterocycles. The Hall–Kier alpha value is -0.780. The second-order valence-corrected chi connectivity index (χ2v) is 18.3. The molecule has 0 bridgehead atoms. The van der Waals surface area contributed by atoms with Crippen molar-refractivity contribution in [3.63, 3.8) is 0 Å². The van der Waals surface area contributed by atoms with Gasteiger partial charge >= 0.3 is 0 Å². The Morgan fingerprint density at radius 2 is 0.672 bits per heavy atom. The molecule has 0 radical (unpaired) electrons. The minimum absolute atomic E-state index is 0.668. The van der Waals surface area contributed by atoms with Crippen LogP contribution < -0.4 is 0 Å². The van der Waals surface area contributed by atoms with Crippen molar-refractivity contribution in [2.45, 2.75) is 272 Å². The van der Waals surface area contributed by atoms with Crippen molar-refractivity contribution < 1.29 is 19.1 Å². The lowest BCUT2D eigenvalue weighted by atomic mass is 9.91. The molecule has 0 amide bonds. The van der Waals surface area contributed by atoms with Gasteiger partial charge in [-0.25, -0.2) is 0 Å². The number of nitrogens with zero attached hydrogens (tertiary/aromatic N) is 1. The molecule has 0 aromatic rings. The Bertz CT molecular complexity index is 674. The first kappa shape index (κ1) is 61.5. The highest BCUT2D eigenvalue weighted by Gasteiger charge is 2.12. The fourth-order valence-electron chi connectivity index (χ4n) is 7.97. The van der Waals surface area contributed by atoms with Crippen molar-refractivity contribution in [2.24, 2.45) is 17.8 Å². The van der Waals surface area contributed by atoms with Gasteiger partial charge in [0.1, 0.15) is 12.6 Å². The van der Waals surface area contributed by atoms with Gasteiger partial charge in [-0.1, -0.05) is 220 Å². The van der Waals surface area contributed by atoms with Crippen LogP contribution >= 0.6 is 0 Å². The van der Waals surface area contributed by atoms with Crippen molar-refractivity contribution in [1.29, 1.82) is 0 Å². The fraction of sp³-hybridized carbons (Fsp3) is 0.962. The van der Waals surface area contributed by atoms with Crippen LogP contribution in [0.5, 0.6) is 0 Å². The van der Waals surface area contributed by atoms with E-state index in [-0.39, 0.29) is 0 Å². The fourth-order valence-corrected chi connectivity index (χ4v) is 7.97.